The van der Waals surface area contributed by atoms with Crippen LogP contribution in [0, 0.1) is 0 Å². The molecular weight excluding hydrogens is 470 g/mol. The zero-order valence-electron chi connectivity index (χ0n) is 25.9. The number of ether oxygens (including phenoxy) is 1. The highest BCUT2D eigenvalue weighted by Gasteiger charge is 2.07. The summed E-state index contributed by atoms with van der Waals surface area (Å²) in [4.78, 5) is 23.8. The normalized spacial score (nSPS) is 11.1. The van der Waals surface area contributed by atoms with Gasteiger partial charge >= 0.3 is 5.97 Å². The lowest BCUT2D eigenvalue weighted by atomic mass is 10.0. The van der Waals surface area contributed by atoms with Crippen LogP contribution in [0.5, 0.6) is 0 Å². The third-order valence-corrected chi connectivity index (χ3v) is 7.67. The first kappa shape index (κ1) is 36.9. The third kappa shape index (κ3) is 31.2. The molecule has 0 fully saturated rings. The topological polar surface area (TPSA) is 55.4 Å². The average Bonchev–Trinajstić information content (AvgIpc) is 2.92. The van der Waals surface area contributed by atoms with Crippen LogP contribution in [0.3, 0.4) is 0 Å². The Morgan fingerprint density at radius 3 is 1.18 bits per heavy atom. The van der Waals surface area contributed by atoms with E-state index in [0.29, 0.717) is 6.61 Å². The molecule has 1 N–H and O–H groups in total. The number of hydrogen-bond donors (Lipinski definition) is 1. The van der Waals surface area contributed by atoms with E-state index in [0.717, 1.165) is 25.8 Å². The number of nitrogens with one attached hydrogen (secondary N) is 1. The van der Waals surface area contributed by atoms with E-state index in [-0.39, 0.29) is 24.7 Å². The summed E-state index contributed by atoms with van der Waals surface area (Å²) in [6.45, 7) is 5.76. The van der Waals surface area contributed by atoms with Crippen molar-refractivity contribution >= 4 is 11.9 Å². The van der Waals surface area contributed by atoms with Gasteiger partial charge in [0.05, 0.1) is 13.0 Å². The standard InChI is InChI=1S/C34H67NO3/c1-3-5-7-9-11-13-15-16-17-18-19-20-21-23-25-27-31-35-33(36)29-30-34(37)38-32-28-26-24-22-14-12-10-8-6-4-2/h3-32H2,1-2H3,(H,35,36). The van der Waals surface area contributed by atoms with Gasteiger partial charge in [-0.25, -0.2) is 0 Å². The van der Waals surface area contributed by atoms with Gasteiger partial charge in [0.2, 0.25) is 5.91 Å². The van der Waals surface area contributed by atoms with Gasteiger partial charge < -0.3 is 10.1 Å². The molecule has 4 nitrogen and oxygen atoms in total. The van der Waals surface area contributed by atoms with Crippen molar-refractivity contribution in [1.29, 1.82) is 0 Å². The molecule has 0 aromatic carbocycles. The summed E-state index contributed by atoms with van der Waals surface area (Å²) in [5, 5.41) is 2.95. The molecule has 0 spiro atoms. The van der Waals surface area contributed by atoms with E-state index in [1.54, 1.807) is 0 Å². The second-order valence-corrected chi connectivity index (χ2v) is 11.6. The molecule has 1 amide bonds. The summed E-state index contributed by atoms with van der Waals surface area (Å²) < 4.78 is 5.28. The van der Waals surface area contributed by atoms with E-state index in [2.05, 4.69) is 19.2 Å². The molecule has 0 aliphatic carbocycles. The minimum atomic E-state index is -0.238. The van der Waals surface area contributed by atoms with Gasteiger partial charge in [0.25, 0.3) is 0 Å². The first-order valence-electron chi connectivity index (χ1n) is 17.1. The summed E-state index contributed by atoms with van der Waals surface area (Å²) in [5.41, 5.74) is 0. The van der Waals surface area contributed by atoms with Crippen LogP contribution in [0.25, 0.3) is 0 Å². The Kier molecular flexibility index (Phi) is 31.3. The van der Waals surface area contributed by atoms with Gasteiger partial charge in [-0.15, -0.1) is 0 Å². The van der Waals surface area contributed by atoms with Crippen molar-refractivity contribution in [3.05, 3.63) is 0 Å². The van der Waals surface area contributed by atoms with Crippen molar-refractivity contribution < 1.29 is 14.3 Å². The second-order valence-electron chi connectivity index (χ2n) is 11.6. The zero-order chi connectivity index (χ0) is 27.8. The van der Waals surface area contributed by atoms with Gasteiger partial charge in [-0.2, -0.15) is 0 Å². The molecule has 0 rings (SSSR count). The fraction of sp³-hybridized carbons (Fsp3) is 0.941. The first-order valence-corrected chi connectivity index (χ1v) is 17.1. The largest absolute Gasteiger partial charge is 0.466 e. The van der Waals surface area contributed by atoms with E-state index in [9.17, 15) is 9.59 Å². The molecule has 0 unspecified atom stereocenters. The van der Waals surface area contributed by atoms with Crippen molar-refractivity contribution in [2.75, 3.05) is 13.2 Å². The van der Waals surface area contributed by atoms with Crippen LogP contribution >= 0.6 is 0 Å². The molecule has 0 aromatic rings. The summed E-state index contributed by atoms with van der Waals surface area (Å²) in [6, 6.07) is 0. The lowest BCUT2D eigenvalue weighted by Crippen LogP contribution is -2.25. The molecule has 0 heterocycles. The van der Waals surface area contributed by atoms with Crippen molar-refractivity contribution in [2.24, 2.45) is 0 Å². The third-order valence-electron chi connectivity index (χ3n) is 7.67. The molecule has 0 saturated carbocycles. The van der Waals surface area contributed by atoms with Crippen molar-refractivity contribution in [3.8, 4) is 0 Å². The minimum absolute atomic E-state index is 0.0261. The fourth-order valence-corrected chi connectivity index (χ4v) is 5.05. The molecule has 0 atom stereocenters. The summed E-state index contributed by atoms with van der Waals surface area (Å²) in [5.74, 6) is -0.264. The number of unbranched alkanes of at least 4 members (excludes halogenated alkanes) is 24. The van der Waals surface area contributed by atoms with Crippen LogP contribution in [-0.4, -0.2) is 25.0 Å². The van der Waals surface area contributed by atoms with Crippen LogP contribution in [0.2, 0.25) is 0 Å². The monoisotopic (exact) mass is 538 g/mol. The zero-order valence-corrected chi connectivity index (χ0v) is 25.9. The SMILES string of the molecule is CCCCCCCCCCCCCCCCCCNC(=O)CCC(=O)OCCCCCCCCCCCC. The Morgan fingerprint density at radius 1 is 0.447 bits per heavy atom. The number of carbonyl (C=O) groups is 2. The highest BCUT2D eigenvalue weighted by atomic mass is 16.5. The highest BCUT2D eigenvalue weighted by Crippen LogP contribution is 2.14. The molecule has 0 aliphatic heterocycles. The van der Waals surface area contributed by atoms with E-state index in [4.69, 9.17) is 4.74 Å². The van der Waals surface area contributed by atoms with Crippen LogP contribution in [0.15, 0.2) is 0 Å². The molecule has 4 heteroatoms. The maximum Gasteiger partial charge on any atom is 0.306 e. The quantitative estimate of drug-likeness (QED) is 0.0706. The van der Waals surface area contributed by atoms with Gasteiger partial charge in [0.15, 0.2) is 0 Å². The predicted molar refractivity (Wildman–Crippen MR) is 165 cm³/mol. The van der Waals surface area contributed by atoms with Gasteiger partial charge in [0, 0.05) is 13.0 Å². The highest BCUT2D eigenvalue weighted by molar-refractivity contribution is 5.81. The number of esters is 1. The molecule has 0 aliphatic rings. The molecule has 226 valence electrons. The molecule has 0 saturated heterocycles. The Hall–Kier alpha value is -1.06. The fourth-order valence-electron chi connectivity index (χ4n) is 5.05. The maximum atomic E-state index is 11.9. The van der Waals surface area contributed by atoms with Crippen molar-refractivity contribution in [2.45, 2.75) is 194 Å². The molecule has 38 heavy (non-hydrogen) atoms. The Morgan fingerprint density at radius 2 is 0.789 bits per heavy atom. The summed E-state index contributed by atoms with van der Waals surface area (Å²) in [6.07, 6.45) is 34.8. The Balaban J connectivity index is 3.26. The maximum absolute atomic E-state index is 11.9. The van der Waals surface area contributed by atoms with E-state index < -0.39 is 0 Å². The van der Waals surface area contributed by atoms with Gasteiger partial charge in [-0.05, 0) is 12.8 Å². The lowest BCUT2D eigenvalue weighted by Gasteiger charge is -2.07. The van der Waals surface area contributed by atoms with E-state index in [1.807, 2.05) is 0 Å². The summed E-state index contributed by atoms with van der Waals surface area (Å²) >= 11 is 0. The predicted octanol–water partition coefficient (Wildman–Crippen LogP) is 10.6. The van der Waals surface area contributed by atoms with Crippen molar-refractivity contribution in [1.82, 2.24) is 5.32 Å². The van der Waals surface area contributed by atoms with Gasteiger partial charge in [0.1, 0.15) is 0 Å². The Bertz CT molecular complexity index is 494. The summed E-state index contributed by atoms with van der Waals surface area (Å²) in [7, 11) is 0. The first-order chi connectivity index (χ1) is 18.7. The molecule has 0 aromatic heterocycles. The minimum Gasteiger partial charge on any atom is -0.466 e. The van der Waals surface area contributed by atoms with Crippen LogP contribution in [0.4, 0.5) is 0 Å². The second kappa shape index (κ2) is 32.2. The molecular formula is C34H67NO3. The molecule has 0 bridgehead atoms. The van der Waals surface area contributed by atoms with Crippen molar-refractivity contribution in [3.63, 3.8) is 0 Å². The number of hydrogen-bond acceptors (Lipinski definition) is 3. The van der Waals surface area contributed by atoms with E-state index >= 15 is 0 Å². The average molecular weight is 538 g/mol. The lowest BCUT2D eigenvalue weighted by molar-refractivity contribution is -0.145. The van der Waals surface area contributed by atoms with Gasteiger partial charge in [-0.3, -0.25) is 9.59 Å². The smallest absolute Gasteiger partial charge is 0.306 e. The molecule has 0 radical (unpaired) electrons. The number of carbonyl (C=O) groups excluding carboxylic acids is 2. The Labute approximate surface area is 238 Å². The van der Waals surface area contributed by atoms with Crippen LogP contribution in [-0.2, 0) is 14.3 Å². The van der Waals surface area contributed by atoms with Crippen LogP contribution in [0.1, 0.15) is 194 Å². The number of rotatable bonds is 31. The van der Waals surface area contributed by atoms with E-state index in [1.165, 1.54) is 148 Å². The van der Waals surface area contributed by atoms with Crippen LogP contribution < -0.4 is 5.32 Å². The number of amides is 1. The van der Waals surface area contributed by atoms with Gasteiger partial charge in [-0.1, -0.05) is 168 Å².